The van der Waals surface area contributed by atoms with Crippen LogP contribution in [-0.2, 0) is 4.89 Å². The lowest BCUT2D eigenvalue weighted by atomic mass is 9.72. The second-order valence-corrected chi connectivity index (χ2v) is 6.30. The molecule has 21 heavy (non-hydrogen) atoms. The van der Waals surface area contributed by atoms with Crippen molar-refractivity contribution < 1.29 is 14.9 Å². The molecule has 1 aromatic carbocycles. The molecule has 1 fully saturated rings. The summed E-state index contributed by atoms with van der Waals surface area (Å²) in [6.45, 7) is 0.854. The third-order valence-corrected chi connectivity index (χ3v) is 4.58. The van der Waals surface area contributed by atoms with E-state index in [1.54, 1.807) is 7.11 Å². The molecule has 4 nitrogen and oxygen atoms in total. The normalized spacial score (nSPS) is 19.5. The Morgan fingerprint density at radius 3 is 2.24 bits per heavy atom. The second kappa shape index (κ2) is 7.25. The summed E-state index contributed by atoms with van der Waals surface area (Å²) in [7, 11) is 5.79. The lowest BCUT2D eigenvalue weighted by Crippen LogP contribution is -2.44. The van der Waals surface area contributed by atoms with Crippen molar-refractivity contribution in [2.75, 3.05) is 27.7 Å². The predicted molar refractivity (Wildman–Crippen MR) is 83.8 cm³/mol. The smallest absolute Gasteiger partial charge is 0.118 e. The van der Waals surface area contributed by atoms with Crippen molar-refractivity contribution in [3.63, 3.8) is 0 Å². The number of hydrogen-bond donors (Lipinski definition) is 1. The Morgan fingerprint density at radius 1 is 1.14 bits per heavy atom. The average Bonchev–Trinajstić information content (AvgIpc) is 2.53. The highest BCUT2D eigenvalue weighted by Gasteiger charge is 2.42. The second-order valence-electron chi connectivity index (χ2n) is 6.30. The Morgan fingerprint density at radius 2 is 1.76 bits per heavy atom. The van der Waals surface area contributed by atoms with E-state index in [1.807, 2.05) is 12.1 Å². The number of benzene rings is 1. The molecule has 118 valence electrons. The minimum atomic E-state index is -0.461. The van der Waals surface area contributed by atoms with Gasteiger partial charge in [-0.25, -0.2) is 4.89 Å². The van der Waals surface area contributed by atoms with Gasteiger partial charge in [0.2, 0.25) is 0 Å². The first-order valence-corrected chi connectivity index (χ1v) is 7.72. The maximum atomic E-state index is 9.64. The van der Waals surface area contributed by atoms with Crippen molar-refractivity contribution in [2.45, 2.75) is 43.6 Å². The van der Waals surface area contributed by atoms with E-state index in [1.165, 1.54) is 12.0 Å². The number of rotatable bonds is 6. The van der Waals surface area contributed by atoms with Crippen LogP contribution in [0.3, 0.4) is 0 Å². The van der Waals surface area contributed by atoms with Gasteiger partial charge in [0.15, 0.2) is 0 Å². The van der Waals surface area contributed by atoms with Gasteiger partial charge in [-0.1, -0.05) is 31.4 Å². The molecular weight excluding hydrogens is 266 g/mol. The minimum absolute atomic E-state index is 0.156. The molecule has 0 aliphatic heterocycles. The van der Waals surface area contributed by atoms with Gasteiger partial charge in [-0.05, 0) is 44.6 Å². The Bertz CT molecular complexity index is 424. The predicted octanol–water partition coefficient (Wildman–Crippen LogP) is 3.53. The maximum Gasteiger partial charge on any atom is 0.118 e. The first kappa shape index (κ1) is 16.3. The van der Waals surface area contributed by atoms with Gasteiger partial charge in [-0.3, -0.25) is 5.26 Å². The van der Waals surface area contributed by atoms with Gasteiger partial charge >= 0.3 is 0 Å². The fourth-order valence-electron chi connectivity index (χ4n) is 3.43. The van der Waals surface area contributed by atoms with Crippen molar-refractivity contribution in [3.8, 4) is 5.75 Å². The first-order valence-electron chi connectivity index (χ1n) is 7.72. The molecule has 1 aromatic rings. The molecule has 0 bridgehead atoms. The quantitative estimate of drug-likeness (QED) is 0.643. The summed E-state index contributed by atoms with van der Waals surface area (Å²) < 4.78 is 5.24. The highest BCUT2D eigenvalue weighted by molar-refractivity contribution is 5.31. The van der Waals surface area contributed by atoms with E-state index in [-0.39, 0.29) is 5.92 Å². The molecule has 0 amide bonds. The largest absolute Gasteiger partial charge is 0.497 e. The van der Waals surface area contributed by atoms with Crippen LogP contribution < -0.4 is 4.74 Å². The Balaban J connectivity index is 2.31. The standard InChI is InChI=1S/C17H27NO3/c1-18(2)13-16(14-7-9-15(20-3)10-8-14)17(21-19)11-5-4-6-12-17/h7-10,16,19H,4-6,11-13H2,1-3H3. The Kier molecular flexibility index (Phi) is 5.62. The molecule has 4 heteroatoms. The minimum Gasteiger partial charge on any atom is -0.497 e. The summed E-state index contributed by atoms with van der Waals surface area (Å²) in [5.74, 6) is 1.01. The van der Waals surface area contributed by atoms with Crippen LogP contribution in [0.25, 0.3) is 0 Å². The summed E-state index contributed by atoms with van der Waals surface area (Å²) >= 11 is 0. The molecule has 0 heterocycles. The van der Waals surface area contributed by atoms with Crippen molar-refractivity contribution in [3.05, 3.63) is 29.8 Å². The first-order chi connectivity index (χ1) is 10.1. The Labute approximate surface area is 127 Å². The number of ether oxygens (including phenoxy) is 1. The van der Waals surface area contributed by atoms with Crippen molar-refractivity contribution >= 4 is 0 Å². The monoisotopic (exact) mass is 293 g/mol. The Hall–Kier alpha value is -1.10. The number of nitrogens with zero attached hydrogens (tertiary/aromatic N) is 1. The van der Waals surface area contributed by atoms with Gasteiger partial charge in [0.25, 0.3) is 0 Å². The van der Waals surface area contributed by atoms with Crippen LogP contribution in [0.1, 0.15) is 43.6 Å². The molecule has 0 spiro atoms. The average molecular weight is 293 g/mol. The van der Waals surface area contributed by atoms with Crippen LogP contribution in [0.2, 0.25) is 0 Å². The van der Waals surface area contributed by atoms with Crippen molar-refractivity contribution in [1.82, 2.24) is 4.90 Å². The molecule has 0 saturated heterocycles. The highest BCUT2D eigenvalue weighted by atomic mass is 17.1. The maximum absolute atomic E-state index is 9.64. The molecule has 1 atom stereocenters. The SMILES string of the molecule is COc1ccc(C(CN(C)C)C2(OO)CCCCC2)cc1. The fraction of sp³-hybridized carbons (Fsp3) is 0.647. The third kappa shape index (κ3) is 3.76. The number of methoxy groups -OCH3 is 1. The number of hydrogen-bond acceptors (Lipinski definition) is 4. The van der Waals surface area contributed by atoms with Gasteiger partial charge in [0, 0.05) is 12.5 Å². The van der Waals surface area contributed by atoms with Crippen LogP contribution in [0.15, 0.2) is 24.3 Å². The van der Waals surface area contributed by atoms with E-state index in [2.05, 4.69) is 31.1 Å². The summed E-state index contributed by atoms with van der Waals surface area (Å²) in [6, 6.07) is 8.13. The molecule has 1 N–H and O–H groups in total. The molecule has 1 aliphatic rings. The molecule has 2 rings (SSSR count). The topological polar surface area (TPSA) is 41.9 Å². The lowest BCUT2D eigenvalue weighted by Gasteiger charge is -2.42. The van der Waals surface area contributed by atoms with E-state index in [4.69, 9.17) is 9.62 Å². The molecule has 0 aromatic heterocycles. The van der Waals surface area contributed by atoms with Crippen LogP contribution in [-0.4, -0.2) is 43.5 Å². The molecule has 0 radical (unpaired) electrons. The molecule has 1 unspecified atom stereocenters. The van der Waals surface area contributed by atoms with Crippen molar-refractivity contribution in [2.24, 2.45) is 0 Å². The van der Waals surface area contributed by atoms with Crippen LogP contribution in [0.4, 0.5) is 0 Å². The zero-order valence-corrected chi connectivity index (χ0v) is 13.3. The van der Waals surface area contributed by atoms with E-state index >= 15 is 0 Å². The van der Waals surface area contributed by atoms with Crippen LogP contribution >= 0.6 is 0 Å². The highest BCUT2D eigenvalue weighted by Crippen LogP contribution is 2.43. The van der Waals surface area contributed by atoms with Gasteiger partial charge in [0.05, 0.1) is 7.11 Å². The van der Waals surface area contributed by atoms with Gasteiger partial charge in [0.1, 0.15) is 11.4 Å². The van der Waals surface area contributed by atoms with Crippen LogP contribution in [0, 0.1) is 0 Å². The third-order valence-electron chi connectivity index (χ3n) is 4.58. The van der Waals surface area contributed by atoms with Gasteiger partial charge in [-0.2, -0.15) is 0 Å². The van der Waals surface area contributed by atoms with E-state index in [0.29, 0.717) is 0 Å². The summed E-state index contributed by atoms with van der Waals surface area (Å²) in [5.41, 5.74) is 0.734. The molecule has 1 aliphatic carbocycles. The lowest BCUT2D eigenvalue weighted by molar-refractivity contribution is -0.338. The fourth-order valence-corrected chi connectivity index (χ4v) is 3.43. The summed E-state index contributed by atoms with van der Waals surface area (Å²) in [4.78, 5) is 7.25. The summed E-state index contributed by atoms with van der Waals surface area (Å²) in [6.07, 6.45) is 5.27. The van der Waals surface area contributed by atoms with Gasteiger partial charge in [-0.15, -0.1) is 0 Å². The van der Waals surface area contributed by atoms with E-state index in [9.17, 15) is 5.26 Å². The summed E-state index contributed by atoms with van der Waals surface area (Å²) in [5, 5.41) is 9.64. The van der Waals surface area contributed by atoms with Crippen molar-refractivity contribution in [1.29, 1.82) is 0 Å². The number of likely N-dealkylation sites (N-methyl/N-ethyl adjacent to an activating group) is 1. The zero-order chi connectivity index (χ0) is 15.3. The van der Waals surface area contributed by atoms with E-state index < -0.39 is 5.60 Å². The molecule has 1 saturated carbocycles. The van der Waals surface area contributed by atoms with Crippen LogP contribution in [0.5, 0.6) is 5.75 Å². The van der Waals surface area contributed by atoms with E-state index in [0.717, 1.165) is 38.0 Å². The zero-order valence-electron chi connectivity index (χ0n) is 13.3. The van der Waals surface area contributed by atoms with Gasteiger partial charge < -0.3 is 9.64 Å². The molecular formula is C17H27NO3.